The van der Waals surface area contributed by atoms with Gasteiger partial charge in [-0.25, -0.2) is 0 Å². The third-order valence-electron chi connectivity index (χ3n) is 4.85. The SMILES string of the molecule is COC1=C(OC)[C@H]2C(=O)C=C(c3ccc(OC)c(OC)c3)O[C@H]2C(OC)=C1OC. The number of ether oxygens (including phenoxy) is 7. The van der Waals surface area contributed by atoms with E-state index in [-0.39, 0.29) is 5.78 Å². The minimum absolute atomic E-state index is 0.206. The molecule has 0 bridgehead atoms. The summed E-state index contributed by atoms with van der Waals surface area (Å²) < 4.78 is 38.7. The molecule has 0 saturated carbocycles. The molecule has 156 valence electrons. The topological polar surface area (TPSA) is 81.7 Å². The minimum atomic E-state index is -0.774. The molecule has 0 amide bonds. The number of carbonyl (C=O) groups is 1. The van der Waals surface area contributed by atoms with Gasteiger partial charge >= 0.3 is 0 Å². The molecule has 0 saturated heterocycles. The molecule has 0 fully saturated rings. The standard InChI is InChI=1S/C21H24O8/c1-23-13-8-7-11(9-15(13)24-2)14-10-12(22)16-17(25-3)19(26-4)21(28-6)20(27-5)18(16)29-14/h7-10,16,18H,1-6H3/t16-,18-/m1/s1. The van der Waals surface area contributed by atoms with E-state index in [1.165, 1.54) is 34.5 Å². The second-order valence-corrected chi connectivity index (χ2v) is 6.20. The first kappa shape index (κ1) is 20.4. The van der Waals surface area contributed by atoms with E-state index in [0.29, 0.717) is 45.9 Å². The number of benzene rings is 1. The molecule has 3 rings (SSSR count). The van der Waals surface area contributed by atoms with Crippen molar-refractivity contribution in [3.05, 3.63) is 52.9 Å². The molecule has 1 aromatic carbocycles. The largest absolute Gasteiger partial charge is 0.496 e. The van der Waals surface area contributed by atoms with Crippen molar-refractivity contribution in [3.8, 4) is 11.5 Å². The van der Waals surface area contributed by atoms with Crippen molar-refractivity contribution in [1.82, 2.24) is 0 Å². The van der Waals surface area contributed by atoms with Crippen LogP contribution < -0.4 is 9.47 Å². The van der Waals surface area contributed by atoms with Crippen molar-refractivity contribution in [3.63, 3.8) is 0 Å². The Balaban J connectivity index is 2.11. The second kappa shape index (κ2) is 8.38. The molecule has 1 aliphatic heterocycles. The summed E-state index contributed by atoms with van der Waals surface area (Å²) in [4.78, 5) is 13.1. The molecule has 2 atom stereocenters. The predicted molar refractivity (Wildman–Crippen MR) is 103 cm³/mol. The van der Waals surface area contributed by atoms with Gasteiger partial charge in [-0.2, -0.15) is 0 Å². The van der Waals surface area contributed by atoms with Gasteiger partial charge in [0.25, 0.3) is 0 Å². The Morgan fingerprint density at radius 3 is 1.93 bits per heavy atom. The highest BCUT2D eigenvalue weighted by Crippen LogP contribution is 2.43. The summed E-state index contributed by atoms with van der Waals surface area (Å²) in [5.74, 6) is 1.78. The number of hydrogen-bond donors (Lipinski definition) is 0. The lowest BCUT2D eigenvalue weighted by Gasteiger charge is -2.37. The van der Waals surface area contributed by atoms with E-state index in [1.807, 2.05) is 0 Å². The highest BCUT2D eigenvalue weighted by molar-refractivity contribution is 6.01. The monoisotopic (exact) mass is 404 g/mol. The third kappa shape index (κ3) is 3.35. The van der Waals surface area contributed by atoms with E-state index in [2.05, 4.69) is 0 Å². The molecule has 1 aromatic rings. The fraction of sp³-hybridized carbons (Fsp3) is 0.381. The zero-order chi connectivity index (χ0) is 21.1. The van der Waals surface area contributed by atoms with Gasteiger partial charge in [0, 0.05) is 11.6 Å². The highest BCUT2D eigenvalue weighted by Gasteiger charge is 2.48. The fourth-order valence-electron chi connectivity index (χ4n) is 3.53. The molecule has 0 unspecified atom stereocenters. The average molecular weight is 404 g/mol. The van der Waals surface area contributed by atoms with Gasteiger partial charge in [-0.15, -0.1) is 0 Å². The smallest absolute Gasteiger partial charge is 0.206 e. The van der Waals surface area contributed by atoms with Crippen LogP contribution in [-0.4, -0.2) is 54.5 Å². The van der Waals surface area contributed by atoms with E-state index in [0.717, 1.165) is 0 Å². The fourth-order valence-corrected chi connectivity index (χ4v) is 3.53. The summed E-state index contributed by atoms with van der Waals surface area (Å²) in [7, 11) is 9.00. The molecule has 0 aromatic heterocycles. The molecule has 8 nitrogen and oxygen atoms in total. The lowest BCUT2D eigenvalue weighted by Crippen LogP contribution is -2.41. The maximum Gasteiger partial charge on any atom is 0.206 e. The van der Waals surface area contributed by atoms with Crippen LogP contribution in [0.2, 0.25) is 0 Å². The summed E-state index contributed by atoms with van der Waals surface area (Å²) in [6.07, 6.45) is 0.657. The van der Waals surface area contributed by atoms with Gasteiger partial charge in [-0.05, 0) is 18.2 Å². The van der Waals surface area contributed by atoms with Crippen LogP contribution in [-0.2, 0) is 28.5 Å². The van der Waals surface area contributed by atoms with Crippen molar-refractivity contribution in [2.45, 2.75) is 6.10 Å². The molecule has 0 N–H and O–H groups in total. The Hall–Kier alpha value is -3.29. The van der Waals surface area contributed by atoms with E-state index in [1.54, 1.807) is 32.4 Å². The molecule has 8 heteroatoms. The van der Waals surface area contributed by atoms with Gasteiger partial charge in [0.2, 0.25) is 11.5 Å². The maximum atomic E-state index is 13.1. The van der Waals surface area contributed by atoms with Crippen LogP contribution in [0.4, 0.5) is 0 Å². The summed E-state index contributed by atoms with van der Waals surface area (Å²) >= 11 is 0. The van der Waals surface area contributed by atoms with Crippen LogP contribution in [0, 0.1) is 5.92 Å². The number of rotatable bonds is 7. The molecular formula is C21H24O8. The van der Waals surface area contributed by atoms with Gasteiger partial charge in [0.15, 0.2) is 34.9 Å². The minimum Gasteiger partial charge on any atom is -0.496 e. The van der Waals surface area contributed by atoms with Crippen molar-refractivity contribution >= 4 is 11.5 Å². The predicted octanol–water partition coefficient (Wildman–Crippen LogP) is 2.65. The zero-order valence-electron chi connectivity index (χ0n) is 17.2. The average Bonchev–Trinajstić information content (AvgIpc) is 2.76. The Kier molecular flexibility index (Phi) is 5.91. The first-order valence-corrected chi connectivity index (χ1v) is 8.83. The van der Waals surface area contributed by atoms with Crippen LogP contribution in [0.15, 0.2) is 47.3 Å². The molecular weight excluding hydrogens is 380 g/mol. The van der Waals surface area contributed by atoms with Crippen LogP contribution in [0.5, 0.6) is 11.5 Å². The van der Waals surface area contributed by atoms with Crippen LogP contribution in [0.1, 0.15) is 5.56 Å². The molecule has 29 heavy (non-hydrogen) atoms. The summed E-state index contributed by atoms with van der Waals surface area (Å²) in [6, 6.07) is 5.26. The molecule has 0 radical (unpaired) electrons. The van der Waals surface area contributed by atoms with Crippen molar-refractivity contribution < 1.29 is 38.0 Å². The molecule has 2 aliphatic rings. The van der Waals surface area contributed by atoms with Gasteiger partial charge in [0.05, 0.1) is 42.7 Å². The zero-order valence-corrected chi connectivity index (χ0v) is 17.2. The molecule has 1 aliphatic carbocycles. The van der Waals surface area contributed by atoms with Gasteiger partial charge < -0.3 is 33.2 Å². The molecule has 1 heterocycles. The van der Waals surface area contributed by atoms with Gasteiger partial charge in [-0.3, -0.25) is 4.79 Å². The first-order valence-electron chi connectivity index (χ1n) is 8.83. The lowest BCUT2D eigenvalue weighted by molar-refractivity contribution is -0.123. The third-order valence-corrected chi connectivity index (χ3v) is 4.85. The highest BCUT2D eigenvalue weighted by atomic mass is 16.6. The maximum absolute atomic E-state index is 13.1. The van der Waals surface area contributed by atoms with Crippen molar-refractivity contribution in [1.29, 1.82) is 0 Å². The van der Waals surface area contributed by atoms with E-state index in [4.69, 9.17) is 33.2 Å². The van der Waals surface area contributed by atoms with Gasteiger partial charge in [0.1, 0.15) is 11.7 Å². The van der Waals surface area contributed by atoms with Crippen molar-refractivity contribution in [2.24, 2.45) is 5.92 Å². The van der Waals surface area contributed by atoms with Crippen LogP contribution in [0.3, 0.4) is 0 Å². The normalized spacial score (nSPS) is 21.0. The number of carbonyl (C=O) groups excluding carboxylic acids is 1. The lowest BCUT2D eigenvalue weighted by atomic mass is 9.85. The summed E-state index contributed by atoms with van der Waals surface area (Å²) in [5, 5.41) is 0. The van der Waals surface area contributed by atoms with Crippen LogP contribution >= 0.6 is 0 Å². The van der Waals surface area contributed by atoms with Crippen LogP contribution in [0.25, 0.3) is 5.76 Å². The number of allylic oxidation sites excluding steroid dienone is 1. The Morgan fingerprint density at radius 2 is 1.38 bits per heavy atom. The summed E-state index contributed by atoms with van der Waals surface area (Å²) in [6.45, 7) is 0. The van der Waals surface area contributed by atoms with Gasteiger partial charge in [-0.1, -0.05) is 0 Å². The number of hydrogen-bond acceptors (Lipinski definition) is 8. The van der Waals surface area contributed by atoms with E-state index < -0.39 is 12.0 Å². The van der Waals surface area contributed by atoms with E-state index in [9.17, 15) is 4.79 Å². The Labute approximate surface area is 169 Å². The number of ketones is 1. The van der Waals surface area contributed by atoms with Crippen molar-refractivity contribution in [2.75, 3.05) is 42.7 Å². The second-order valence-electron chi connectivity index (χ2n) is 6.20. The summed E-state index contributed by atoms with van der Waals surface area (Å²) in [5.41, 5.74) is 0.657. The molecule has 0 spiro atoms. The Morgan fingerprint density at radius 1 is 0.759 bits per heavy atom. The number of methoxy groups -OCH3 is 6. The first-order chi connectivity index (χ1) is 14.0. The quantitative estimate of drug-likeness (QED) is 0.686. The van der Waals surface area contributed by atoms with E-state index >= 15 is 0 Å². The Bertz CT molecular complexity index is 896. The number of fused-ring (bicyclic) bond motifs is 1.